The topological polar surface area (TPSA) is 79.2 Å². The number of rotatable bonds is 2. The van der Waals surface area contributed by atoms with Crippen LogP contribution in [0.3, 0.4) is 0 Å². The minimum Gasteiger partial charge on any atom is -0.493 e. The van der Waals surface area contributed by atoms with E-state index in [0.717, 1.165) is 17.7 Å². The van der Waals surface area contributed by atoms with Crippen LogP contribution in [0.5, 0.6) is 11.5 Å². The van der Waals surface area contributed by atoms with Crippen molar-refractivity contribution in [3.8, 4) is 11.5 Å². The molecule has 2 aliphatic heterocycles. The van der Waals surface area contributed by atoms with Gasteiger partial charge in [-0.25, -0.2) is 0 Å². The maximum atomic E-state index is 13.0. The number of carbonyl (C=O) groups excluding carboxylic acids is 1. The Hall–Kier alpha value is -1.89. The fourth-order valence-electron chi connectivity index (χ4n) is 5.76. The van der Waals surface area contributed by atoms with Gasteiger partial charge in [0.2, 0.25) is 11.4 Å². The van der Waals surface area contributed by atoms with Gasteiger partial charge in [-0.05, 0) is 50.2 Å². The number of ether oxygens (including phenoxy) is 2. The quantitative estimate of drug-likeness (QED) is 0.798. The SMILES string of the molecule is COc1ccc2c3c1O[C@@]1(CO)C(=O)C=C[C@@]4(O)[C@@H](C2)N(C)CC[C@]314. The maximum Gasteiger partial charge on any atom is 0.206 e. The molecule has 0 radical (unpaired) electrons. The summed E-state index contributed by atoms with van der Waals surface area (Å²) in [7, 11) is 3.55. The Morgan fingerprint density at radius 3 is 2.96 bits per heavy atom. The molecule has 6 nitrogen and oxygen atoms in total. The smallest absolute Gasteiger partial charge is 0.206 e. The van der Waals surface area contributed by atoms with Crippen LogP contribution in [0.2, 0.25) is 0 Å². The van der Waals surface area contributed by atoms with Crippen LogP contribution in [-0.2, 0) is 16.6 Å². The van der Waals surface area contributed by atoms with E-state index in [9.17, 15) is 15.0 Å². The van der Waals surface area contributed by atoms with E-state index in [0.29, 0.717) is 24.3 Å². The molecular formula is C19H21NO5. The zero-order chi connectivity index (χ0) is 17.6. The summed E-state index contributed by atoms with van der Waals surface area (Å²) in [6.45, 7) is 0.238. The standard InChI is InChI=1S/C19H21NO5/c1-20-8-7-17-15-11-3-4-12(24-2)16(15)25-19(17,10-21)14(22)5-6-18(17,23)13(20)9-11/h3-6,13,21,23H,7-10H2,1-2H3/t13-,17-,18-,19+/m1/s1. The molecule has 25 heavy (non-hydrogen) atoms. The summed E-state index contributed by atoms with van der Waals surface area (Å²) in [6.07, 6.45) is 4.19. The van der Waals surface area contributed by atoms with Gasteiger partial charge < -0.3 is 19.7 Å². The monoisotopic (exact) mass is 343 g/mol. The zero-order valence-electron chi connectivity index (χ0n) is 14.3. The molecule has 132 valence electrons. The molecule has 0 saturated carbocycles. The van der Waals surface area contributed by atoms with Crippen LogP contribution in [0.1, 0.15) is 17.5 Å². The predicted octanol–water partition coefficient (Wildman–Crippen LogP) is 0.187. The van der Waals surface area contributed by atoms with Crippen LogP contribution in [0.4, 0.5) is 0 Å². The number of nitrogens with zero attached hydrogens (tertiary/aromatic N) is 1. The normalized spacial score (nSPS) is 40.6. The van der Waals surface area contributed by atoms with Gasteiger partial charge in [-0.1, -0.05) is 6.07 Å². The van der Waals surface area contributed by atoms with Gasteiger partial charge in [-0.3, -0.25) is 9.69 Å². The van der Waals surface area contributed by atoms with Crippen LogP contribution in [0, 0.1) is 0 Å². The lowest BCUT2D eigenvalue weighted by atomic mass is 9.47. The Morgan fingerprint density at radius 2 is 2.24 bits per heavy atom. The highest BCUT2D eigenvalue weighted by atomic mass is 16.5. The van der Waals surface area contributed by atoms with Crippen molar-refractivity contribution in [2.45, 2.75) is 35.5 Å². The first-order valence-electron chi connectivity index (χ1n) is 8.62. The van der Waals surface area contributed by atoms with E-state index in [4.69, 9.17) is 9.47 Å². The van der Waals surface area contributed by atoms with E-state index >= 15 is 0 Å². The summed E-state index contributed by atoms with van der Waals surface area (Å²) >= 11 is 0. The third kappa shape index (κ3) is 1.36. The number of ketones is 1. The molecule has 6 heteroatoms. The molecule has 2 N–H and O–H groups in total. The third-order valence-corrected chi connectivity index (χ3v) is 6.91. The van der Waals surface area contributed by atoms with Gasteiger partial charge in [-0.15, -0.1) is 0 Å². The van der Waals surface area contributed by atoms with Crippen molar-refractivity contribution in [2.24, 2.45) is 0 Å². The molecule has 2 heterocycles. The number of hydrogen-bond donors (Lipinski definition) is 2. The first-order valence-corrected chi connectivity index (χ1v) is 8.62. The lowest BCUT2D eigenvalue weighted by molar-refractivity contribution is -0.184. The number of aliphatic hydroxyl groups is 2. The Kier molecular flexibility index (Phi) is 2.73. The molecule has 2 bridgehead atoms. The molecule has 4 atom stereocenters. The minimum absolute atomic E-state index is 0.174. The summed E-state index contributed by atoms with van der Waals surface area (Å²) in [4.78, 5) is 15.1. The van der Waals surface area contributed by atoms with Gasteiger partial charge >= 0.3 is 0 Å². The number of hydrogen-bond acceptors (Lipinski definition) is 6. The molecule has 1 fully saturated rings. The van der Waals surface area contributed by atoms with Gasteiger partial charge in [0.15, 0.2) is 11.5 Å². The van der Waals surface area contributed by atoms with E-state index in [-0.39, 0.29) is 11.8 Å². The lowest BCUT2D eigenvalue weighted by Crippen LogP contribution is -2.79. The molecule has 5 rings (SSSR count). The summed E-state index contributed by atoms with van der Waals surface area (Å²) in [5, 5.41) is 22.2. The molecule has 1 aromatic carbocycles. The van der Waals surface area contributed by atoms with Crippen molar-refractivity contribution in [3.05, 3.63) is 35.4 Å². The van der Waals surface area contributed by atoms with Crippen molar-refractivity contribution in [3.63, 3.8) is 0 Å². The van der Waals surface area contributed by atoms with Crippen LogP contribution in [-0.4, -0.2) is 65.4 Å². The van der Waals surface area contributed by atoms with Gasteiger partial charge in [0.25, 0.3) is 0 Å². The summed E-state index contributed by atoms with van der Waals surface area (Å²) in [6, 6.07) is 3.66. The predicted molar refractivity (Wildman–Crippen MR) is 89.0 cm³/mol. The minimum atomic E-state index is -1.50. The second-order valence-corrected chi connectivity index (χ2v) is 7.60. The number of piperidine rings is 1. The highest BCUT2D eigenvalue weighted by Gasteiger charge is 2.78. The average Bonchev–Trinajstić information content (AvgIpc) is 2.93. The Morgan fingerprint density at radius 1 is 1.44 bits per heavy atom. The van der Waals surface area contributed by atoms with Crippen molar-refractivity contribution in [1.82, 2.24) is 4.90 Å². The van der Waals surface area contributed by atoms with Crippen molar-refractivity contribution >= 4 is 5.78 Å². The van der Waals surface area contributed by atoms with Crippen molar-refractivity contribution in [1.29, 1.82) is 0 Å². The third-order valence-electron chi connectivity index (χ3n) is 6.91. The Balaban J connectivity index is 1.93. The second kappa shape index (κ2) is 4.44. The van der Waals surface area contributed by atoms with E-state index in [2.05, 4.69) is 4.90 Å². The number of carbonyl (C=O) groups is 1. The summed E-state index contributed by atoms with van der Waals surface area (Å²) < 4.78 is 11.7. The highest BCUT2D eigenvalue weighted by Crippen LogP contribution is 2.67. The van der Waals surface area contributed by atoms with Crippen LogP contribution < -0.4 is 9.47 Å². The number of aliphatic hydroxyl groups excluding tert-OH is 1. The van der Waals surface area contributed by atoms with E-state index < -0.39 is 23.2 Å². The highest BCUT2D eigenvalue weighted by molar-refractivity contribution is 6.02. The van der Waals surface area contributed by atoms with E-state index in [1.807, 2.05) is 19.2 Å². The van der Waals surface area contributed by atoms with Crippen molar-refractivity contribution in [2.75, 3.05) is 27.3 Å². The molecule has 0 amide bonds. The number of likely N-dealkylation sites (N-methyl/N-ethyl adjacent to an activating group) is 1. The fraction of sp³-hybridized carbons (Fsp3) is 0.526. The second-order valence-electron chi connectivity index (χ2n) is 7.60. The van der Waals surface area contributed by atoms with Crippen LogP contribution >= 0.6 is 0 Å². The van der Waals surface area contributed by atoms with Crippen LogP contribution in [0.15, 0.2) is 24.3 Å². The van der Waals surface area contributed by atoms with Gasteiger partial charge in [0, 0.05) is 11.6 Å². The number of methoxy groups -OCH3 is 1. The van der Waals surface area contributed by atoms with E-state index in [1.54, 1.807) is 13.2 Å². The lowest BCUT2D eigenvalue weighted by Gasteiger charge is -2.62. The fourth-order valence-corrected chi connectivity index (χ4v) is 5.76. The van der Waals surface area contributed by atoms with Crippen molar-refractivity contribution < 1.29 is 24.5 Å². The zero-order valence-corrected chi connectivity index (χ0v) is 14.3. The molecule has 1 aromatic rings. The molecule has 2 aliphatic carbocycles. The average molecular weight is 343 g/mol. The molecule has 0 unspecified atom stereocenters. The number of benzene rings is 1. The summed E-state index contributed by atoms with van der Waals surface area (Å²) in [5.74, 6) is 0.726. The van der Waals surface area contributed by atoms with Gasteiger partial charge in [0.05, 0.1) is 19.1 Å². The maximum absolute atomic E-state index is 13.0. The Bertz CT molecular complexity index is 835. The number of likely N-dealkylation sites (tertiary alicyclic amines) is 1. The summed E-state index contributed by atoms with van der Waals surface area (Å²) in [5.41, 5.74) is -1.88. The van der Waals surface area contributed by atoms with Crippen LogP contribution in [0.25, 0.3) is 0 Å². The first-order chi connectivity index (χ1) is 11.9. The molecule has 1 spiro atoms. The Labute approximate surface area is 145 Å². The first kappa shape index (κ1) is 15.4. The molecule has 0 aromatic heterocycles. The molecule has 1 saturated heterocycles. The van der Waals surface area contributed by atoms with E-state index in [1.165, 1.54) is 6.08 Å². The van der Waals surface area contributed by atoms with Gasteiger partial charge in [-0.2, -0.15) is 0 Å². The van der Waals surface area contributed by atoms with Gasteiger partial charge in [0.1, 0.15) is 5.60 Å². The largest absolute Gasteiger partial charge is 0.493 e. The molecule has 4 aliphatic rings. The molecular weight excluding hydrogens is 322 g/mol.